The second-order valence-electron chi connectivity index (χ2n) is 5.68. The van der Waals surface area contributed by atoms with Gasteiger partial charge in [-0.15, -0.1) is 0 Å². The van der Waals surface area contributed by atoms with E-state index in [1.807, 2.05) is 18.2 Å². The summed E-state index contributed by atoms with van der Waals surface area (Å²) >= 11 is 0. The number of phenolic OH excluding ortho intramolecular Hbond substituents is 1. The lowest BCUT2D eigenvalue weighted by atomic mass is 9.71. The number of rotatable bonds is 1. The quantitative estimate of drug-likeness (QED) is 0.764. The standard InChI is InChI=1S/C16H20O2/c1-10-7-11(2)14-8-12(10)9-18-16(14)13-5-3-4-6-15(13)17/h3-7,10,12,14,16-17H,8-9H2,1-2H3/t10-,12-,14+,16-/m1/s1. The minimum absolute atomic E-state index is 0.0196. The first kappa shape index (κ1) is 11.8. The van der Waals surface area contributed by atoms with Crippen molar-refractivity contribution in [2.45, 2.75) is 26.4 Å². The molecule has 2 heteroatoms. The van der Waals surface area contributed by atoms with Crippen LogP contribution in [0.1, 0.15) is 31.9 Å². The second kappa shape index (κ2) is 4.43. The Hall–Kier alpha value is -1.28. The van der Waals surface area contributed by atoms with Crippen molar-refractivity contribution in [1.82, 2.24) is 0 Å². The van der Waals surface area contributed by atoms with Crippen molar-refractivity contribution >= 4 is 0 Å². The van der Waals surface area contributed by atoms with Gasteiger partial charge in [0, 0.05) is 11.5 Å². The van der Waals surface area contributed by atoms with Crippen LogP contribution in [0.4, 0.5) is 0 Å². The fraction of sp³-hybridized carbons (Fsp3) is 0.500. The minimum Gasteiger partial charge on any atom is -0.508 e. The number of benzene rings is 1. The number of allylic oxidation sites excluding steroid dienone is 1. The summed E-state index contributed by atoms with van der Waals surface area (Å²) in [6.45, 7) is 5.27. The lowest BCUT2D eigenvalue weighted by Gasteiger charge is -2.42. The van der Waals surface area contributed by atoms with Crippen LogP contribution in [0.25, 0.3) is 0 Å². The maximum absolute atomic E-state index is 10.00. The van der Waals surface area contributed by atoms with Crippen LogP contribution in [-0.4, -0.2) is 11.7 Å². The first-order valence-corrected chi connectivity index (χ1v) is 6.74. The molecule has 2 nitrogen and oxygen atoms in total. The van der Waals surface area contributed by atoms with Crippen LogP contribution in [0.15, 0.2) is 35.9 Å². The summed E-state index contributed by atoms with van der Waals surface area (Å²) < 4.78 is 6.05. The molecule has 4 atom stereocenters. The van der Waals surface area contributed by atoms with Crippen molar-refractivity contribution in [3.05, 3.63) is 41.5 Å². The van der Waals surface area contributed by atoms with Crippen molar-refractivity contribution < 1.29 is 9.84 Å². The van der Waals surface area contributed by atoms with E-state index in [1.165, 1.54) is 12.0 Å². The number of hydrogen-bond acceptors (Lipinski definition) is 2. The summed E-state index contributed by atoms with van der Waals surface area (Å²) in [5.74, 6) is 2.04. The summed E-state index contributed by atoms with van der Waals surface area (Å²) in [5, 5.41) is 10.00. The molecule has 0 unspecified atom stereocenters. The zero-order valence-corrected chi connectivity index (χ0v) is 11.0. The molecule has 1 saturated heterocycles. The molecule has 1 N–H and O–H groups in total. The largest absolute Gasteiger partial charge is 0.508 e. The number of para-hydroxylation sites is 1. The van der Waals surface area contributed by atoms with Gasteiger partial charge in [-0.1, -0.05) is 36.8 Å². The molecule has 1 heterocycles. The Morgan fingerprint density at radius 1 is 1.28 bits per heavy atom. The van der Waals surface area contributed by atoms with Crippen molar-refractivity contribution in [1.29, 1.82) is 0 Å². The smallest absolute Gasteiger partial charge is 0.121 e. The third-order valence-electron chi connectivity index (χ3n) is 4.51. The van der Waals surface area contributed by atoms with Gasteiger partial charge in [-0.25, -0.2) is 0 Å². The van der Waals surface area contributed by atoms with Gasteiger partial charge in [-0.05, 0) is 31.2 Å². The zero-order chi connectivity index (χ0) is 12.7. The second-order valence-corrected chi connectivity index (χ2v) is 5.68. The number of hydrogen-bond donors (Lipinski definition) is 1. The molecule has 0 amide bonds. The highest BCUT2D eigenvalue weighted by atomic mass is 16.5. The van der Waals surface area contributed by atoms with E-state index in [4.69, 9.17) is 4.74 Å². The molecule has 96 valence electrons. The average molecular weight is 244 g/mol. The van der Waals surface area contributed by atoms with Crippen molar-refractivity contribution in [2.24, 2.45) is 17.8 Å². The fourth-order valence-corrected chi connectivity index (χ4v) is 3.36. The highest BCUT2D eigenvalue weighted by Gasteiger charge is 2.38. The van der Waals surface area contributed by atoms with E-state index in [-0.39, 0.29) is 6.10 Å². The van der Waals surface area contributed by atoms with Gasteiger partial charge in [-0.2, -0.15) is 0 Å². The summed E-state index contributed by atoms with van der Waals surface area (Å²) in [6, 6.07) is 7.55. The Kier molecular flexibility index (Phi) is 2.90. The van der Waals surface area contributed by atoms with Crippen LogP contribution in [0.2, 0.25) is 0 Å². The minimum atomic E-state index is 0.0196. The van der Waals surface area contributed by atoms with Gasteiger partial charge in [0.25, 0.3) is 0 Å². The Bertz CT molecular complexity index is 478. The Morgan fingerprint density at radius 3 is 2.83 bits per heavy atom. The summed E-state index contributed by atoms with van der Waals surface area (Å²) in [6.07, 6.45) is 3.59. The van der Waals surface area contributed by atoms with Crippen molar-refractivity contribution in [2.75, 3.05) is 6.61 Å². The molecule has 1 fully saturated rings. The van der Waals surface area contributed by atoms with E-state index < -0.39 is 0 Å². The predicted molar refractivity (Wildman–Crippen MR) is 71.3 cm³/mol. The van der Waals surface area contributed by atoms with Gasteiger partial charge >= 0.3 is 0 Å². The molecule has 1 aromatic carbocycles. The lowest BCUT2D eigenvalue weighted by Crippen LogP contribution is -2.35. The van der Waals surface area contributed by atoms with Crippen molar-refractivity contribution in [3.8, 4) is 5.75 Å². The molecule has 1 aliphatic heterocycles. The number of ether oxygens (including phenoxy) is 1. The van der Waals surface area contributed by atoms with Gasteiger partial charge in [0.05, 0.1) is 12.7 Å². The van der Waals surface area contributed by atoms with Crippen LogP contribution < -0.4 is 0 Å². The predicted octanol–water partition coefficient (Wildman–Crippen LogP) is 3.68. The van der Waals surface area contributed by atoms with Gasteiger partial charge in [0.15, 0.2) is 0 Å². The van der Waals surface area contributed by atoms with Gasteiger partial charge < -0.3 is 9.84 Å². The van der Waals surface area contributed by atoms with Crippen LogP contribution in [0.5, 0.6) is 5.75 Å². The molecule has 1 aromatic rings. The van der Waals surface area contributed by atoms with Crippen LogP contribution in [-0.2, 0) is 4.74 Å². The number of aromatic hydroxyl groups is 1. The normalized spacial score (nSPS) is 35.1. The van der Waals surface area contributed by atoms with Crippen LogP contribution in [0, 0.1) is 17.8 Å². The summed E-state index contributed by atoms with van der Waals surface area (Å²) in [7, 11) is 0. The van der Waals surface area contributed by atoms with Gasteiger partial charge in [0.1, 0.15) is 5.75 Å². The van der Waals surface area contributed by atoms with Crippen molar-refractivity contribution in [3.63, 3.8) is 0 Å². The molecule has 2 bridgehead atoms. The van der Waals surface area contributed by atoms with Gasteiger partial charge in [0.2, 0.25) is 0 Å². The summed E-state index contributed by atoms with van der Waals surface area (Å²) in [4.78, 5) is 0. The monoisotopic (exact) mass is 244 g/mol. The maximum atomic E-state index is 10.00. The average Bonchev–Trinajstić information content (AvgIpc) is 2.37. The molecule has 18 heavy (non-hydrogen) atoms. The Morgan fingerprint density at radius 2 is 2.06 bits per heavy atom. The zero-order valence-electron chi connectivity index (χ0n) is 11.0. The molecular weight excluding hydrogens is 224 g/mol. The maximum Gasteiger partial charge on any atom is 0.121 e. The molecule has 0 radical (unpaired) electrons. The van der Waals surface area contributed by atoms with E-state index in [1.54, 1.807) is 6.07 Å². The highest BCUT2D eigenvalue weighted by Crippen LogP contribution is 2.47. The third kappa shape index (κ3) is 1.85. The Labute approximate surface area is 108 Å². The summed E-state index contributed by atoms with van der Waals surface area (Å²) in [5.41, 5.74) is 2.34. The molecule has 0 saturated carbocycles. The van der Waals surface area contributed by atoms with Crippen LogP contribution in [0.3, 0.4) is 0 Å². The topological polar surface area (TPSA) is 29.5 Å². The first-order valence-electron chi connectivity index (χ1n) is 6.74. The van der Waals surface area contributed by atoms with E-state index in [0.29, 0.717) is 23.5 Å². The molecular formula is C16H20O2. The van der Waals surface area contributed by atoms with Crippen LogP contribution >= 0.6 is 0 Å². The molecule has 0 spiro atoms. The SMILES string of the molecule is CC1=C[C@@H](C)[C@H]2CO[C@H](c3ccccc3O)[C@H]1C2. The fourth-order valence-electron chi connectivity index (χ4n) is 3.36. The number of phenols is 1. The van der Waals surface area contributed by atoms with E-state index in [0.717, 1.165) is 12.2 Å². The lowest BCUT2D eigenvalue weighted by molar-refractivity contribution is -0.0627. The molecule has 0 aromatic heterocycles. The Balaban J connectivity index is 1.96. The molecule has 1 aliphatic carbocycles. The van der Waals surface area contributed by atoms with E-state index >= 15 is 0 Å². The van der Waals surface area contributed by atoms with Gasteiger partial charge in [-0.3, -0.25) is 0 Å². The third-order valence-corrected chi connectivity index (χ3v) is 4.51. The van der Waals surface area contributed by atoms with E-state index in [9.17, 15) is 5.11 Å². The molecule has 2 aliphatic rings. The highest BCUT2D eigenvalue weighted by molar-refractivity contribution is 5.36. The molecule has 3 rings (SSSR count). The van der Waals surface area contributed by atoms with E-state index in [2.05, 4.69) is 19.9 Å². The first-order chi connectivity index (χ1) is 8.66. The number of fused-ring (bicyclic) bond motifs is 2.